The Morgan fingerprint density at radius 1 is 1.55 bits per heavy atom. The van der Waals surface area contributed by atoms with Crippen molar-refractivity contribution in [2.45, 2.75) is 25.9 Å². The number of ether oxygens (including phenoxy) is 1. The highest BCUT2D eigenvalue weighted by Gasteiger charge is 2.00. The molecule has 66 valence electrons. The Balaban J connectivity index is 2.91. The second-order valence-corrected chi connectivity index (χ2v) is 2.41. The van der Waals surface area contributed by atoms with Gasteiger partial charge < -0.3 is 14.9 Å². The second kappa shape index (κ2) is 6.54. The predicted octanol–water partition coefficient (Wildman–Crippen LogP) is 0.837. The fraction of sp³-hybridized carbons (Fsp3) is 0.857. The van der Waals surface area contributed by atoms with E-state index < -0.39 is 12.4 Å². The quantitative estimate of drug-likeness (QED) is 0.568. The molecule has 2 radical (unpaired) electrons. The Morgan fingerprint density at radius 2 is 2.18 bits per heavy atom. The molecule has 1 atom stereocenters. The summed E-state index contributed by atoms with van der Waals surface area (Å²) in [6.45, 7) is 2.11. The Labute approximate surface area is 66.4 Å². The molecule has 0 aliphatic heterocycles. The molecule has 0 aromatic carbocycles. The minimum absolute atomic E-state index is 0.187. The van der Waals surface area contributed by atoms with E-state index in [2.05, 4.69) is 0 Å². The third-order valence-electron chi connectivity index (χ3n) is 1.04. The lowest BCUT2D eigenvalue weighted by Crippen LogP contribution is -2.10. The molecule has 0 bridgehead atoms. The van der Waals surface area contributed by atoms with Gasteiger partial charge in [0.25, 0.3) is 0 Å². The standard InChI is InChI=1S/C7H14O4/c1-6(8)5-11-4-2-3-7(9)10/h6,9-10H,2-5H2,1H3. The third-order valence-corrected chi connectivity index (χ3v) is 1.04. The average Bonchev–Trinajstić information content (AvgIpc) is 1.85. The van der Waals surface area contributed by atoms with Crippen LogP contribution in [-0.4, -0.2) is 29.5 Å². The number of aliphatic hydroxyl groups excluding tert-OH is 1. The first-order valence-corrected chi connectivity index (χ1v) is 3.60. The average molecular weight is 162 g/mol. The van der Waals surface area contributed by atoms with Crippen LogP contribution in [0.4, 0.5) is 0 Å². The van der Waals surface area contributed by atoms with Crippen LogP contribution >= 0.6 is 0 Å². The molecule has 0 saturated carbocycles. The van der Waals surface area contributed by atoms with Gasteiger partial charge in [-0.25, -0.2) is 5.11 Å². The fourth-order valence-electron chi connectivity index (χ4n) is 0.582. The number of aliphatic hydroxyl groups is 2. The van der Waals surface area contributed by atoms with E-state index in [1.807, 2.05) is 0 Å². The van der Waals surface area contributed by atoms with Crippen LogP contribution in [0.5, 0.6) is 0 Å². The minimum Gasteiger partial charge on any atom is -0.379 e. The van der Waals surface area contributed by atoms with E-state index in [-0.39, 0.29) is 13.0 Å². The van der Waals surface area contributed by atoms with Gasteiger partial charge >= 0.3 is 0 Å². The van der Waals surface area contributed by atoms with Crippen molar-refractivity contribution in [3.63, 3.8) is 0 Å². The van der Waals surface area contributed by atoms with Gasteiger partial charge in [-0.3, -0.25) is 0 Å². The van der Waals surface area contributed by atoms with Gasteiger partial charge in [0, 0.05) is 13.0 Å². The van der Waals surface area contributed by atoms with Crippen LogP contribution in [0.1, 0.15) is 19.8 Å². The lowest BCUT2D eigenvalue weighted by molar-refractivity contribution is 0.00176. The van der Waals surface area contributed by atoms with Crippen molar-refractivity contribution in [2.75, 3.05) is 13.2 Å². The number of hydrogen-bond donors (Lipinski definition) is 2. The Hall–Kier alpha value is -0.160. The van der Waals surface area contributed by atoms with Gasteiger partial charge in [-0.2, -0.15) is 0 Å². The van der Waals surface area contributed by atoms with Crippen LogP contribution in [0.2, 0.25) is 0 Å². The van der Waals surface area contributed by atoms with E-state index in [1.54, 1.807) is 0 Å². The van der Waals surface area contributed by atoms with Crippen LogP contribution in [0, 0.1) is 6.29 Å². The van der Waals surface area contributed by atoms with Crippen LogP contribution < -0.4 is 0 Å². The molecule has 0 aromatic rings. The van der Waals surface area contributed by atoms with Crippen LogP contribution in [-0.2, 0) is 9.84 Å². The first-order valence-electron chi connectivity index (χ1n) is 3.60. The molecule has 0 aromatic heterocycles. The van der Waals surface area contributed by atoms with E-state index >= 15 is 0 Å². The highest BCUT2D eigenvalue weighted by molar-refractivity contribution is 4.56. The topological polar surface area (TPSA) is 69.6 Å². The molecular formula is C7H14O4. The minimum atomic E-state index is -0.707. The van der Waals surface area contributed by atoms with Crippen LogP contribution in [0.15, 0.2) is 0 Å². The van der Waals surface area contributed by atoms with E-state index in [9.17, 15) is 5.11 Å². The highest BCUT2D eigenvalue weighted by atomic mass is 16.5. The summed E-state index contributed by atoms with van der Waals surface area (Å²) in [6.07, 6.45) is -0.534. The van der Waals surface area contributed by atoms with E-state index in [1.165, 1.54) is 6.92 Å². The van der Waals surface area contributed by atoms with E-state index in [0.717, 1.165) is 0 Å². The lowest BCUT2D eigenvalue weighted by Gasteiger charge is -2.04. The molecular weight excluding hydrogens is 148 g/mol. The van der Waals surface area contributed by atoms with Gasteiger partial charge in [0.1, 0.15) is 6.10 Å². The summed E-state index contributed by atoms with van der Waals surface area (Å²) in [5, 5.41) is 27.0. The molecule has 2 N–H and O–H groups in total. The highest BCUT2D eigenvalue weighted by Crippen LogP contribution is 1.99. The summed E-state index contributed by atoms with van der Waals surface area (Å²) in [5.41, 5.74) is 0. The molecule has 0 saturated heterocycles. The van der Waals surface area contributed by atoms with Gasteiger partial charge in [-0.05, 0) is 13.3 Å². The summed E-state index contributed by atoms with van der Waals surface area (Å²) in [5.74, 6) is 0. The molecule has 0 rings (SSSR count). The maximum absolute atomic E-state index is 10.4. The molecule has 1 unspecified atom stereocenters. The summed E-state index contributed by atoms with van der Waals surface area (Å²) < 4.78 is 4.90. The van der Waals surface area contributed by atoms with Crippen molar-refractivity contribution in [3.05, 3.63) is 6.29 Å². The maximum atomic E-state index is 10.4. The SMILES string of the molecule is CC([O])COCCC[C](O)O. The predicted molar refractivity (Wildman–Crippen MR) is 37.3 cm³/mol. The number of rotatable bonds is 6. The summed E-state index contributed by atoms with van der Waals surface area (Å²) in [6, 6.07) is 0. The van der Waals surface area contributed by atoms with E-state index in [4.69, 9.17) is 14.9 Å². The largest absolute Gasteiger partial charge is 0.379 e. The molecule has 4 heteroatoms. The zero-order valence-corrected chi connectivity index (χ0v) is 6.62. The molecule has 0 aliphatic carbocycles. The first kappa shape index (κ1) is 10.8. The first-order chi connectivity index (χ1) is 5.13. The van der Waals surface area contributed by atoms with Crippen molar-refractivity contribution in [3.8, 4) is 0 Å². The van der Waals surface area contributed by atoms with Crippen molar-refractivity contribution < 1.29 is 20.1 Å². The smallest absolute Gasteiger partial charge is 0.218 e. The van der Waals surface area contributed by atoms with Crippen LogP contribution in [0.25, 0.3) is 0 Å². The zero-order valence-electron chi connectivity index (χ0n) is 6.62. The molecule has 0 heterocycles. The molecule has 0 amide bonds. The van der Waals surface area contributed by atoms with Gasteiger partial charge in [-0.1, -0.05) is 0 Å². The lowest BCUT2D eigenvalue weighted by atomic mass is 10.3. The third kappa shape index (κ3) is 9.84. The fourth-order valence-corrected chi connectivity index (χ4v) is 0.582. The van der Waals surface area contributed by atoms with E-state index in [0.29, 0.717) is 13.0 Å². The maximum Gasteiger partial charge on any atom is 0.218 e. The molecule has 0 aliphatic rings. The van der Waals surface area contributed by atoms with Crippen molar-refractivity contribution in [2.24, 2.45) is 0 Å². The second-order valence-electron chi connectivity index (χ2n) is 2.41. The van der Waals surface area contributed by atoms with Crippen LogP contribution in [0.3, 0.4) is 0 Å². The summed E-state index contributed by atoms with van der Waals surface area (Å²) in [7, 11) is 0. The normalized spacial score (nSPS) is 13.9. The summed E-state index contributed by atoms with van der Waals surface area (Å²) >= 11 is 0. The zero-order chi connectivity index (χ0) is 8.69. The van der Waals surface area contributed by atoms with Crippen molar-refractivity contribution in [1.82, 2.24) is 0 Å². The van der Waals surface area contributed by atoms with Crippen molar-refractivity contribution >= 4 is 0 Å². The van der Waals surface area contributed by atoms with Gasteiger partial charge in [0.15, 0.2) is 0 Å². The van der Waals surface area contributed by atoms with Gasteiger partial charge in [0.05, 0.1) is 6.61 Å². The molecule has 4 nitrogen and oxygen atoms in total. The molecule has 11 heavy (non-hydrogen) atoms. The monoisotopic (exact) mass is 162 g/mol. The Kier molecular flexibility index (Phi) is 6.45. The number of hydrogen-bond acceptors (Lipinski definition) is 3. The Morgan fingerprint density at radius 3 is 2.64 bits per heavy atom. The van der Waals surface area contributed by atoms with Gasteiger partial charge in [-0.15, -0.1) is 0 Å². The molecule has 0 fully saturated rings. The summed E-state index contributed by atoms with van der Waals surface area (Å²) in [4.78, 5) is 0. The van der Waals surface area contributed by atoms with Gasteiger partial charge in [0.2, 0.25) is 6.29 Å². The Bertz CT molecular complexity index is 72.5. The molecule has 0 spiro atoms. The van der Waals surface area contributed by atoms with Crippen molar-refractivity contribution in [1.29, 1.82) is 0 Å².